The lowest BCUT2D eigenvalue weighted by Crippen LogP contribution is -2.40. The van der Waals surface area contributed by atoms with Gasteiger partial charge in [0, 0.05) is 19.3 Å². The van der Waals surface area contributed by atoms with Crippen LogP contribution >= 0.6 is 11.6 Å². The van der Waals surface area contributed by atoms with E-state index in [1.54, 1.807) is 25.6 Å². The van der Waals surface area contributed by atoms with E-state index in [1.807, 2.05) is 0 Å². The second-order valence-electron chi connectivity index (χ2n) is 3.53. The van der Waals surface area contributed by atoms with E-state index in [0.29, 0.717) is 12.1 Å². The highest BCUT2D eigenvalue weighted by atomic mass is 35.5. The maximum absolute atomic E-state index is 5.99. The highest BCUT2D eigenvalue weighted by molar-refractivity contribution is 6.33. The topological polar surface area (TPSA) is 34.1 Å². The number of nitrogens with zero attached hydrogens (tertiary/aromatic N) is 1. The Bertz CT molecular complexity index is 313. The molecule has 0 radical (unpaired) electrons. The summed E-state index contributed by atoms with van der Waals surface area (Å²) in [7, 11) is 1.75. The smallest absolute Gasteiger partial charge is 0.0718 e. The zero-order chi connectivity index (χ0) is 9.97. The Labute approximate surface area is 88.4 Å². The van der Waals surface area contributed by atoms with Gasteiger partial charge in [0.1, 0.15) is 0 Å². The first-order chi connectivity index (χ1) is 6.79. The minimum atomic E-state index is 0.406. The van der Waals surface area contributed by atoms with E-state index >= 15 is 0 Å². The van der Waals surface area contributed by atoms with Gasteiger partial charge in [0.2, 0.25) is 0 Å². The van der Waals surface area contributed by atoms with Crippen molar-refractivity contribution in [2.45, 2.75) is 25.0 Å². The third kappa shape index (κ3) is 1.99. The van der Waals surface area contributed by atoms with Gasteiger partial charge < -0.3 is 10.1 Å². The van der Waals surface area contributed by atoms with Gasteiger partial charge in [-0.05, 0) is 18.9 Å². The summed E-state index contributed by atoms with van der Waals surface area (Å²) >= 11 is 5.99. The molecular formula is C10H13ClN2O. The molecule has 1 aromatic rings. The van der Waals surface area contributed by atoms with E-state index in [9.17, 15) is 0 Å². The lowest BCUT2D eigenvalue weighted by Gasteiger charge is -2.35. The molecule has 0 saturated heterocycles. The van der Waals surface area contributed by atoms with Gasteiger partial charge in [-0.15, -0.1) is 0 Å². The van der Waals surface area contributed by atoms with Gasteiger partial charge in [-0.2, -0.15) is 0 Å². The molecule has 0 aromatic carbocycles. The van der Waals surface area contributed by atoms with E-state index in [0.717, 1.165) is 23.6 Å². The van der Waals surface area contributed by atoms with Crippen LogP contribution in [0.3, 0.4) is 0 Å². The Balaban J connectivity index is 1.90. The molecule has 0 aliphatic heterocycles. The van der Waals surface area contributed by atoms with Crippen LogP contribution in [0.25, 0.3) is 0 Å². The zero-order valence-electron chi connectivity index (χ0n) is 8.03. The van der Waals surface area contributed by atoms with Crippen molar-refractivity contribution < 1.29 is 4.74 Å². The van der Waals surface area contributed by atoms with Crippen LogP contribution in [0.4, 0.5) is 5.69 Å². The summed E-state index contributed by atoms with van der Waals surface area (Å²) in [6.45, 7) is 0. The minimum absolute atomic E-state index is 0.406. The molecule has 14 heavy (non-hydrogen) atoms. The molecule has 0 bridgehead atoms. The van der Waals surface area contributed by atoms with Crippen molar-refractivity contribution in [3.05, 3.63) is 23.5 Å². The number of aromatic nitrogens is 1. The molecule has 2 rings (SSSR count). The van der Waals surface area contributed by atoms with Gasteiger partial charge in [0.25, 0.3) is 0 Å². The van der Waals surface area contributed by atoms with Crippen LogP contribution in [0.15, 0.2) is 18.5 Å². The van der Waals surface area contributed by atoms with Crippen LogP contribution in [-0.4, -0.2) is 24.2 Å². The first-order valence-electron chi connectivity index (χ1n) is 4.68. The molecule has 1 saturated carbocycles. The van der Waals surface area contributed by atoms with Gasteiger partial charge in [0.15, 0.2) is 0 Å². The lowest BCUT2D eigenvalue weighted by atomic mass is 9.89. The van der Waals surface area contributed by atoms with Crippen LogP contribution in [0.5, 0.6) is 0 Å². The third-order valence-corrected chi connectivity index (χ3v) is 2.89. The first kappa shape index (κ1) is 9.74. The van der Waals surface area contributed by atoms with Crippen LogP contribution in [0.1, 0.15) is 12.8 Å². The normalized spacial score (nSPS) is 25.6. The van der Waals surface area contributed by atoms with E-state index in [-0.39, 0.29) is 0 Å². The highest BCUT2D eigenvalue weighted by Gasteiger charge is 2.29. The number of hydrogen-bond acceptors (Lipinski definition) is 3. The van der Waals surface area contributed by atoms with E-state index in [4.69, 9.17) is 16.3 Å². The van der Waals surface area contributed by atoms with Crippen molar-refractivity contribution in [2.75, 3.05) is 12.4 Å². The average Bonchev–Trinajstić information content (AvgIpc) is 2.13. The predicted molar refractivity (Wildman–Crippen MR) is 56.7 cm³/mol. The molecule has 3 nitrogen and oxygen atoms in total. The van der Waals surface area contributed by atoms with Crippen molar-refractivity contribution in [3.8, 4) is 0 Å². The Kier molecular flexibility index (Phi) is 2.89. The fraction of sp³-hybridized carbons (Fsp3) is 0.500. The fourth-order valence-corrected chi connectivity index (χ4v) is 1.74. The number of pyridine rings is 1. The summed E-state index contributed by atoms with van der Waals surface area (Å²) in [5, 5.41) is 4.06. The molecule has 1 fully saturated rings. The van der Waals surface area contributed by atoms with Crippen molar-refractivity contribution >= 4 is 17.3 Å². The number of methoxy groups -OCH3 is 1. The molecule has 0 spiro atoms. The van der Waals surface area contributed by atoms with E-state index in [1.165, 1.54) is 0 Å². The molecule has 0 unspecified atom stereocenters. The molecule has 4 heteroatoms. The summed E-state index contributed by atoms with van der Waals surface area (Å²) in [6, 6.07) is 2.26. The molecule has 1 aromatic heterocycles. The molecule has 76 valence electrons. The Hall–Kier alpha value is -0.800. The zero-order valence-corrected chi connectivity index (χ0v) is 8.79. The molecular weight excluding hydrogens is 200 g/mol. The monoisotopic (exact) mass is 212 g/mol. The predicted octanol–water partition coefficient (Wildman–Crippen LogP) is 2.32. The number of hydrogen-bond donors (Lipinski definition) is 1. The Morgan fingerprint density at radius 3 is 3.00 bits per heavy atom. The molecule has 1 aliphatic carbocycles. The summed E-state index contributed by atoms with van der Waals surface area (Å²) in [5.74, 6) is 0. The maximum atomic E-state index is 5.99. The summed E-state index contributed by atoms with van der Waals surface area (Å²) in [4.78, 5) is 4.02. The van der Waals surface area contributed by atoms with Crippen LogP contribution in [0, 0.1) is 0 Å². The molecule has 1 heterocycles. The fourth-order valence-electron chi connectivity index (χ4n) is 1.58. The standard InChI is InChI=1S/C10H13ClN2O/c1-14-8-4-7(5-8)13-10-6-12-3-2-9(10)11/h2-3,6-8,13H,4-5H2,1H3. The van der Waals surface area contributed by atoms with E-state index in [2.05, 4.69) is 10.3 Å². The third-order valence-electron chi connectivity index (χ3n) is 2.56. The van der Waals surface area contributed by atoms with Crippen LogP contribution < -0.4 is 5.32 Å². The second-order valence-corrected chi connectivity index (χ2v) is 3.93. The average molecular weight is 213 g/mol. The summed E-state index contributed by atoms with van der Waals surface area (Å²) in [5.41, 5.74) is 0.911. The van der Waals surface area contributed by atoms with Crippen molar-refractivity contribution in [3.63, 3.8) is 0 Å². The van der Waals surface area contributed by atoms with Gasteiger partial charge in [0.05, 0.1) is 23.0 Å². The van der Waals surface area contributed by atoms with Gasteiger partial charge in [-0.3, -0.25) is 4.98 Å². The first-order valence-corrected chi connectivity index (χ1v) is 5.06. The molecule has 1 N–H and O–H groups in total. The van der Waals surface area contributed by atoms with Gasteiger partial charge in [-0.1, -0.05) is 11.6 Å². The van der Waals surface area contributed by atoms with Gasteiger partial charge >= 0.3 is 0 Å². The Morgan fingerprint density at radius 2 is 2.36 bits per heavy atom. The minimum Gasteiger partial charge on any atom is -0.381 e. The Morgan fingerprint density at radius 1 is 1.57 bits per heavy atom. The van der Waals surface area contributed by atoms with Crippen LogP contribution in [-0.2, 0) is 4.74 Å². The highest BCUT2D eigenvalue weighted by Crippen LogP contribution is 2.28. The number of rotatable bonds is 3. The SMILES string of the molecule is COC1CC(Nc2cnccc2Cl)C1. The second kappa shape index (κ2) is 4.15. The maximum Gasteiger partial charge on any atom is 0.0718 e. The van der Waals surface area contributed by atoms with Crippen molar-refractivity contribution in [1.29, 1.82) is 0 Å². The summed E-state index contributed by atoms with van der Waals surface area (Å²) < 4.78 is 5.20. The summed E-state index contributed by atoms with van der Waals surface area (Å²) in [6.07, 6.45) is 5.93. The number of halogens is 1. The quantitative estimate of drug-likeness (QED) is 0.835. The molecule has 1 aliphatic rings. The molecule has 0 amide bonds. The number of ether oxygens (including phenoxy) is 1. The number of nitrogens with one attached hydrogen (secondary N) is 1. The van der Waals surface area contributed by atoms with Crippen LogP contribution in [0.2, 0.25) is 5.02 Å². The number of anilines is 1. The molecule has 0 atom stereocenters. The van der Waals surface area contributed by atoms with E-state index < -0.39 is 0 Å². The lowest BCUT2D eigenvalue weighted by molar-refractivity contribution is 0.0328. The van der Waals surface area contributed by atoms with Crippen molar-refractivity contribution in [2.24, 2.45) is 0 Å². The van der Waals surface area contributed by atoms with Crippen molar-refractivity contribution in [1.82, 2.24) is 4.98 Å². The van der Waals surface area contributed by atoms with Gasteiger partial charge in [-0.25, -0.2) is 0 Å². The largest absolute Gasteiger partial charge is 0.381 e.